The van der Waals surface area contributed by atoms with E-state index in [9.17, 15) is 9.90 Å². The molecule has 0 aliphatic rings. The third kappa shape index (κ3) is 5.44. The second-order valence-electron chi connectivity index (χ2n) is 4.91. The lowest BCUT2D eigenvalue weighted by Crippen LogP contribution is -2.47. The second-order valence-corrected chi connectivity index (χ2v) is 6.18. The third-order valence-electron chi connectivity index (χ3n) is 2.34. The number of pyridine rings is 1. The maximum absolute atomic E-state index is 12.0. The van der Waals surface area contributed by atoms with Gasteiger partial charge in [-0.25, -0.2) is 4.98 Å². The molecular formula is C12H17BrClN3O2. The van der Waals surface area contributed by atoms with Crippen LogP contribution in [0, 0.1) is 0 Å². The molecule has 0 radical (unpaired) electrons. The van der Waals surface area contributed by atoms with Gasteiger partial charge in [0.2, 0.25) is 0 Å². The normalized spacial score (nSPS) is 14.3. The molecule has 1 heterocycles. The highest BCUT2D eigenvalue weighted by Crippen LogP contribution is 2.18. The fourth-order valence-corrected chi connectivity index (χ4v) is 2.21. The number of aliphatic hydroxyl groups is 1. The molecule has 0 saturated carbocycles. The van der Waals surface area contributed by atoms with Crippen LogP contribution in [0.3, 0.4) is 0 Å². The van der Waals surface area contributed by atoms with Crippen molar-refractivity contribution >= 4 is 33.4 Å². The van der Waals surface area contributed by atoms with Crippen molar-refractivity contribution < 1.29 is 9.90 Å². The highest BCUT2D eigenvalue weighted by atomic mass is 79.9. The highest BCUT2D eigenvalue weighted by Gasteiger charge is 2.23. The van der Waals surface area contributed by atoms with Crippen LogP contribution in [0.2, 0.25) is 5.15 Å². The molecule has 1 unspecified atom stereocenters. The van der Waals surface area contributed by atoms with Gasteiger partial charge < -0.3 is 15.3 Å². The lowest BCUT2D eigenvalue weighted by molar-refractivity contribution is 0.0326. The molecule has 0 bridgehead atoms. The molecular weight excluding hydrogens is 334 g/mol. The quantitative estimate of drug-likeness (QED) is 0.791. The van der Waals surface area contributed by atoms with E-state index >= 15 is 0 Å². The molecule has 0 saturated heterocycles. The number of nitrogens with one attached hydrogen (secondary N) is 1. The second kappa shape index (κ2) is 6.65. The Balaban J connectivity index is 2.68. The summed E-state index contributed by atoms with van der Waals surface area (Å²) in [6, 6.07) is 1.59. The van der Waals surface area contributed by atoms with Gasteiger partial charge in [0.1, 0.15) is 5.15 Å². The number of nitrogens with zero attached hydrogens (tertiary/aromatic N) is 2. The molecule has 19 heavy (non-hydrogen) atoms. The number of amides is 1. The number of carbonyl (C=O) groups excluding carboxylic acids is 1. The summed E-state index contributed by atoms with van der Waals surface area (Å²) in [6.07, 6.45) is 1.52. The molecule has 0 aliphatic carbocycles. The molecule has 1 rings (SSSR count). The van der Waals surface area contributed by atoms with E-state index in [2.05, 4.69) is 26.2 Å². The molecule has 0 fully saturated rings. The van der Waals surface area contributed by atoms with E-state index in [1.165, 1.54) is 6.20 Å². The first-order valence-electron chi connectivity index (χ1n) is 5.67. The Morgan fingerprint density at radius 1 is 1.63 bits per heavy atom. The van der Waals surface area contributed by atoms with Crippen molar-refractivity contribution in [3.63, 3.8) is 0 Å². The van der Waals surface area contributed by atoms with E-state index in [4.69, 9.17) is 11.6 Å². The summed E-state index contributed by atoms with van der Waals surface area (Å²) in [5.74, 6) is -0.363. The first kappa shape index (κ1) is 16.4. The summed E-state index contributed by atoms with van der Waals surface area (Å²) in [6.45, 7) is 2.23. The topological polar surface area (TPSA) is 65.5 Å². The van der Waals surface area contributed by atoms with Gasteiger partial charge in [-0.2, -0.15) is 0 Å². The van der Waals surface area contributed by atoms with Crippen molar-refractivity contribution in [2.45, 2.75) is 12.5 Å². The largest absolute Gasteiger partial charge is 0.387 e. The Hall–Kier alpha value is -0.690. The van der Waals surface area contributed by atoms with Crippen LogP contribution in [0.5, 0.6) is 0 Å². The maximum atomic E-state index is 12.0. The smallest absolute Gasteiger partial charge is 0.254 e. The maximum Gasteiger partial charge on any atom is 0.254 e. The minimum Gasteiger partial charge on any atom is -0.387 e. The van der Waals surface area contributed by atoms with Crippen LogP contribution in [0.15, 0.2) is 16.7 Å². The van der Waals surface area contributed by atoms with E-state index in [0.29, 0.717) is 11.0 Å². The molecule has 5 nitrogen and oxygen atoms in total. The molecule has 1 aromatic rings. The van der Waals surface area contributed by atoms with E-state index in [0.717, 1.165) is 0 Å². The predicted molar refractivity (Wildman–Crippen MR) is 78.5 cm³/mol. The van der Waals surface area contributed by atoms with Crippen LogP contribution in [-0.4, -0.2) is 53.7 Å². The van der Waals surface area contributed by atoms with E-state index in [-0.39, 0.29) is 23.2 Å². The number of likely N-dealkylation sites (N-methyl/N-ethyl adjacent to an activating group) is 1. The van der Waals surface area contributed by atoms with E-state index in [1.807, 2.05) is 19.0 Å². The van der Waals surface area contributed by atoms with Crippen LogP contribution in [0.4, 0.5) is 0 Å². The monoisotopic (exact) mass is 349 g/mol. The Bertz CT molecular complexity index is 466. The average molecular weight is 351 g/mol. The molecule has 0 aliphatic heterocycles. The van der Waals surface area contributed by atoms with Crippen LogP contribution < -0.4 is 5.32 Å². The zero-order valence-corrected chi connectivity index (χ0v) is 13.4. The number of hydrogen-bond acceptors (Lipinski definition) is 4. The standard InChI is InChI=1S/C12H17BrClN3O2/c1-12(19,7-17(2)3)6-16-11(18)9-4-8(13)5-15-10(9)14/h4-5,19H,6-7H2,1-3H3,(H,16,18). The fourth-order valence-electron chi connectivity index (χ4n) is 1.68. The minimum absolute atomic E-state index is 0.132. The number of halogens is 2. The number of carbonyl (C=O) groups is 1. The van der Waals surface area contributed by atoms with Crippen molar-refractivity contribution in [2.24, 2.45) is 0 Å². The minimum atomic E-state index is -1.01. The molecule has 7 heteroatoms. The Morgan fingerprint density at radius 3 is 2.84 bits per heavy atom. The van der Waals surface area contributed by atoms with Gasteiger partial charge in [0.05, 0.1) is 11.2 Å². The summed E-state index contributed by atoms with van der Waals surface area (Å²) in [5.41, 5.74) is -0.734. The molecule has 0 spiro atoms. The summed E-state index contributed by atoms with van der Waals surface area (Å²) in [4.78, 5) is 17.7. The molecule has 0 aromatic carbocycles. The van der Waals surface area contributed by atoms with Crippen LogP contribution in [-0.2, 0) is 0 Å². The molecule has 1 amide bonds. The molecule has 2 N–H and O–H groups in total. The predicted octanol–water partition coefficient (Wildman–Crippen LogP) is 1.54. The first-order valence-corrected chi connectivity index (χ1v) is 6.85. The molecule has 1 atom stereocenters. The van der Waals surface area contributed by atoms with Gasteiger partial charge in [-0.3, -0.25) is 4.79 Å². The van der Waals surface area contributed by atoms with Crippen molar-refractivity contribution in [3.05, 3.63) is 27.5 Å². The van der Waals surface area contributed by atoms with Gasteiger partial charge in [-0.05, 0) is 43.0 Å². The fraction of sp³-hybridized carbons (Fsp3) is 0.500. The highest BCUT2D eigenvalue weighted by molar-refractivity contribution is 9.10. The summed E-state index contributed by atoms with van der Waals surface area (Å²) < 4.78 is 0.669. The van der Waals surface area contributed by atoms with E-state index in [1.54, 1.807) is 13.0 Å². The van der Waals surface area contributed by atoms with Gasteiger partial charge in [0, 0.05) is 23.8 Å². The van der Waals surface area contributed by atoms with Crippen molar-refractivity contribution in [1.29, 1.82) is 0 Å². The number of rotatable bonds is 5. The average Bonchev–Trinajstić information content (AvgIpc) is 2.27. The molecule has 106 valence electrons. The Morgan fingerprint density at radius 2 is 2.26 bits per heavy atom. The third-order valence-corrected chi connectivity index (χ3v) is 3.07. The summed E-state index contributed by atoms with van der Waals surface area (Å²) in [5, 5.41) is 12.9. The Labute approximate surface area is 126 Å². The van der Waals surface area contributed by atoms with Gasteiger partial charge >= 0.3 is 0 Å². The van der Waals surface area contributed by atoms with Crippen molar-refractivity contribution in [2.75, 3.05) is 27.2 Å². The zero-order valence-electron chi connectivity index (χ0n) is 11.1. The summed E-state index contributed by atoms with van der Waals surface area (Å²) in [7, 11) is 3.71. The van der Waals surface area contributed by atoms with Crippen LogP contribution >= 0.6 is 27.5 Å². The summed E-state index contributed by atoms with van der Waals surface area (Å²) >= 11 is 9.09. The van der Waals surface area contributed by atoms with Gasteiger partial charge in [-0.1, -0.05) is 11.6 Å². The van der Waals surface area contributed by atoms with Crippen molar-refractivity contribution in [1.82, 2.24) is 15.2 Å². The first-order chi connectivity index (χ1) is 8.71. The van der Waals surface area contributed by atoms with E-state index < -0.39 is 5.60 Å². The zero-order chi connectivity index (χ0) is 14.6. The molecule has 1 aromatic heterocycles. The number of aromatic nitrogens is 1. The Kier molecular flexibility index (Phi) is 5.73. The van der Waals surface area contributed by atoms with Gasteiger partial charge in [0.25, 0.3) is 5.91 Å². The SMILES string of the molecule is CN(C)CC(C)(O)CNC(=O)c1cc(Br)cnc1Cl. The van der Waals surface area contributed by atoms with Gasteiger partial charge in [-0.15, -0.1) is 0 Å². The lowest BCUT2D eigenvalue weighted by atomic mass is 10.1. The van der Waals surface area contributed by atoms with Gasteiger partial charge in [0.15, 0.2) is 0 Å². The van der Waals surface area contributed by atoms with Crippen molar-refractivity contribution in [3.8, 4) is 0 Å². The van der Waals surface area contributed by atoms with Crippen LogP contribution in [0.25, 0.3) is 0 Å². The van der Waals surface area contributed by atoms with Crippen LogP contribution in [0.1, 0.15) is 17.3 Å². The number of hydrogen-bond donors (Lipinski definition) is 2. The lowest BCUT2D eigenvalue weighted by Gasteiger charge is -2.27.